The maximum atomic E-state index is 12.7. The second-order valence-corrected chi connectivity index (χ2v) is 10.0. The summed E-state index contributed by atoms with van der Waals surface area (Å²) < 4.78 is 25.8. The monoisotopic (exact) mass is 449 g/mol. The fourth-order valence-electron chi connectivity index (χ4n) is 3.70. The minimum absolute atomic E-state index is 0.339. The first kappa shape index (κ1) is 22.6. The van der Waals surface area contributed by atoms with Gasteiger partial charge in [-0.25, -0.2) is 8.42 Å². The molecule has 1 aliphatic rings. The van der Waals surface area contributed by atoms with Crippen molar-refractivity contribution >= 4 is 33.2 Å². The van der Waals surface area contributed by atoms with E-state index in [1.165, 1.54) is 18.4 Å². The van der Waals surface area contributed by atoms with Crippen LogP contribution < -0.4 is 9.62 Å². The molecule has 0 radical (unpaired) electrons. The number of halogens is 1. The molecule has 1 fully saturated rings. The van der Waals surface area contributed by atoms with Gasteiger partial charge in [-0.1, -0.05) is 35.9 Å². The molecule has 6 nitrogen and oxygen atoms in total. The van der Waals surface area contributed by atoms with Gasteiger partial charge in [0.25, 0.3) is 0 Å². The smallest absolute Gasteiger partial charge is 0.243 e. The molecule has 8 heteroatoms. The van der Waals surface area contributed by atoms with Gasteiger partial charge in [-0.2, -0.15) is 0 Å². The van der Waals surface area contributed by atoms with E-state index in [1.54, 1.807) is 31.2 Å². The lowest BCUT2D eigenvalue weighted by molar-refractivity contribution is -0.122. The fourth-order valence-corrected chi connectivity index (χ4v) is 5.00. The van der Waals surface area contributed by atoms with Gasteiger partial charge in [0.05, 0.1) is 11.9 Å². The lowest BCUT2D eigenvalue weighted by atomic mass is 10.1. The summed E-state index contributed by atoms with van der Waals surface area (Å²) >= 11 is 5.90. The van der Waals surface area contributed by atoms with Crippen LogP contribution in [0.4, 0.5) is 5.69 Å². The largest absolute Gasteiger partial charge is 0.350 e. The molecule has 0 unspecified atom stereocenters. The topological polar surface area (TPSA) is 69.7 Å². The first-order valence-electron chi connectivity index (χ1n) is 10.1. The molecule has 0 aliphatic carbocycles. The highest BCUT2D eigenvalue weighted by atomic mass is 35.5. The second-order valence-electron chi connectivity index (χ2n) is 7.73. The van der Waals surface area contributed by atoms with Crippen molar-refractivity contribution in [2.75, 3.05) is 23.7 Å². The van der Waals surface area contributed by atoms with E-state index in [-0.39, 0.29) is 5.91 Å². The van der Waals surface area contributed by atoms with E-state index >= 15 is 0 Å². The zero-order chi connectivity index (χ0) is 21.7. The highest BCUT2D eigenvalue weighted by molar-refractivity contribution is 7.92. The van der Waals surface area contributed by atoms with E-state index in [2.05, 4.69) is 22.3 Å². The van der Waals surface area contributed by atoms with Gasteiger partial charge in [0, 0.05) is 18.1 Å². The number of sulfonamides is 1. The van der Waals surface area contributed by atoms with E-state index in [0.717, 1.165) is 35.8 Å². The number of likely N-dealkylation sites (tertiary alicyclic amines) is 1. The number of hydrogen-bond acceptors (Lipinski definition) is 4. The number of benzene rings is 2. The Bertz CT molecular complexity index is 956. The Labute approximate surface area is 183 Å². The van der Waals surface area contributed by atoms with Crippen molar-refractivity contribution in [2.45, 2.75) is 38.9 Å². The van der Waals surface area contributed by atoms with Gasteiger partial charge in [-0.05, 0) is 68.2 Å². The van der Waals surface area contributed by atoms with Crippen molar-refractivity contribution in [2.24, 2.45) is 0 Å². The molecule has 1 amide bonds. The van der Waals surface area contributed by atoms with Crippen LogP contribution in [-0.2, 0) is 27.9 Å². The molecule has 3 rings (SSSR count). The predicted molar refractivity (Wildman–Crippen MR) is 121 cm³/mol. The van der Waals surface area contributed by atoms with E-state index in [4.69, 9.17) is 11.6 Å². The molecule has 0 saturated carbocycles. The van der Waals surface area contributed by atoms with Crippen LogP contribution in [0.2, 0.25) is 5.02 Å². The Morgan fingerprint density at radius 2 is 1.63 bits per heavy atom. The van der Waals surface area contributed by atoms with Crippen LogP contribution >= 0.6 is 11.6 Å². The number of nitrogens with one attached hydrogen (secondary N) is 1. The summed E-state index contributed by atoms with van der Waals surface area (Å²) in [5.41, 5.74) is 2.63. The van der Waals surface area contributed by atoms with Crippen LogP contribution in [0.3, 0.4) is 0 Å². The van der Waals surface area contributed by atoms with Gasteiger partial charge < -0.3 is 5.32 Å². The number of hydrogen-bond donors (Lipinski definition) is 1. The number of carbonyl (C=O) groups is 1. The minimum atomic E-state index is -3.65. The summed E-state index contributed by atoms with van der Waals surface area (Å²) in [5, 5.41) is 3.34. The van der Waals surface area contributed by atoms with Gasteiger partial charge in [0.2, 0.25) is 15.9 Å². The summed E-state index contributed by atoms with van der Waals surface area (Å²) in [6.45, 7) is 5.17. The van der Waals surface area contributed by atoms with Crippen LogP contribution in [-0.4, -0.2) is 44.6 Å². The molecule has 0 spiro atoms. The summed E-state index contributed by atoms with van der Waals surface area (Å²) in [6.07, 6.45) is 3.62. The molecular formula is C22H28ClN3O3S. The van der Waals surface area contributed by atoms with Crippen LogP contribution in [0.5, 0.6) is 0 Å². The summed E-state index contributed by atoms with van der Waals surface area (Å²) in [5.74, 6) is -0.364. The maximum absolute atomic E-state index is 12.7. The molecule has 162 valence electrons. The van der Waals surface area contributed by atoms with Gasteiger partial charge >= 0.3 is 0 Å². The van der Waals surface area contributed by atoms with Crippen molar-refractivity contribution in [1.82, 2.24) is 10.2 Å². The Kier molecular flexibility index (Phi) is 7.39. The Hall–Kier alpha value is -2.09. The van der Waals surface area contributed by atoms with E-state index in [1.807, 2.05) is 12.1 Å². The molecule has 0 aromatic heterocycles. The second kappa shape index (κ2) is 9.81. The van der Waals surface area contributed by atoms with E-state index in [9.17, 15) is 13.2 Å². The third-order valence-corrected chi connectivity index (χ3v) is 6.76. The van der Waals surface area contributed by atoms with Gasteiger partial charge in [-0.15, -0.1) is 0 Å². The number of anilines is 1. The van der Waals surface area contributed by atoms with Crippen LogP contribution in [0.15, 0.2) is 48.5 Å². The van der Waals surface area contributed by atoms with Gasteiger partial charge in [0.15, 0.2) is 0 Å². The quantitative estimate of drug-likeness (QED) is 0.670. The third-order valence-electron chi connectivity index (χ3n) is 5.26. The van der Waals surface area contributed by atoms with Crippen molar-refractivity contribution in [3.8, 4) is 0 Å². The highest BCUT2D eigenvalue weighted by Crippen LogP contribution is 2.23. The van der Waals surface area contributed by atoms with Crippen molar-refractivity contribution in [1.29, 1.82) is 0 Å². The standard InChI is InChI=1S/C22H28ClN3O3S/c1-17(26(30(2,28)29)21-11-9-20(23)10-12-21)22(27)24-15-18-5-7-19(8-6-18)16-25-13-3-4-14-25/h5-12,17H,3-4,13-16H2,1-2H3,(H,24,27)/t17-/m0/s1. The van der Waals surface area contributed by atoms with Crippen molar-refractivity contribution in [3.63, 3.8) is 0 Å². The molecule has 2 aromatic carbocycles. The molecular weight excluding hydrogens is 422 g/mol. The summed E-state index contributed by atoms with van der Waals surface area (Å²) in [4.78, 5) is 15.1. The number of nitrogens with zero attached hydrogens (tertiary/aromatic N) is 2. The zero-order valence-electron chi connectivity index (χ0n) is 17.3. The minimum Gasteiger partial charge on any atom is -0.350 e. The summed E-state index contributed by atoms with van der Waals surface area (Å²) in [6, 6.07) is 13.7. The predicted octanol–water partition coefficient (Wildman–Crippen LogP) is 3.41. The first-order valence-corrected chi connectivity index (χ1v) is 12.3. The molecule has 1 N–H and O–H groups in total. The van der Waals surface area contributed by atoms with Gasteiger partial charge in [-0.3, -0.25) is 14.0 Å². The number of rotatable bonds is 8. The lowest BCUT2D eigenvalue weighted by Gasteiger charge is -2.28. The average Bonchev–Trinajstić information content (AvgIpc) is 3.21. The third kappa shape index (κ3) is 5.97. The molecule has 1 saturated heterocycles. The zero-order valence-corrected chi connectivity index (χ0v) is 18.9. The normalized spacial score (nSPS) is 15.7. The maximum Gasteiger partial charge on any atom is 0.243 e. The molecule has 30 heavy (non-hydrogen) atoms. The SMILES string of the molecule is C[C@@H](C(=O)NCc1ccc(CN2CCCC2)cc1)N(c1ccc(Cl)cc1)S(C)(=O)=O. The highest BCUT2D eigenvalue weighted by Gasteiger charge is 2.28. The lowest BCUT2D eigenvalue weighted by Crippen LogP contribution is -2.47. The van der Waals surface area contributed by atoms with E-state index in [0.29, 0.717) is 17.3 Å². The first-order chi connectivity index (χ1) is 14.2. The number of amides is 1. The fraction of sp³-hybridized carbons (Fsp3) is 0.409. The number of carbonyl (C=O) groups excluding carboxylic acids is 1. The van der Waals surface area contributed by atoms with Crippen molar-refractivity contribution < 1.29 is 13.2 Å². The van der Waals surface area contributed by atoms with Crippen LogP contribution in [0.1, 0.15) is 30.9 Å². The molecule has 1 atom stereocenters. The molecule has 1 aliphatic heterocycles. The summed E-state index contributed by atoms with van der Waals surface area (Å²) in [7, 11) is -3.65. The average molecular weight is 450 g/mol. The Morgan fingerprint density at radius 3 is 2.20 bits per heavy atom. The molecule has 2 aromatic rings. The molecule has 0 bridgehead atoms. The molecule has 1 heterocycles. The van der Waals surface area contributed by atoms with Crippen molar-refractivity contribution in [3.05, 3.63) is 64.7 Å². The Balaban J connectivity index is 1.61. The van der Waals surface area contributed by atoms with Gasteiger partial charge in [0.1, 0.15) is 6.04 Å². The van der Waals surface area contributed by atoms with E-state index < -0.39 is 16.1 Å². The Morgan fingerprint density at radius 1 is 1.07 bits per heavy atom. The van der Waals surface area contributed by atoms with Crippen LogP contribution in [0.25, 0.3) is 0 Å². The van der Waals surface area contributed by atoms with Crippen LogP contribution in [0, 0.1) is 0 Å².